The molecular weight excluding hydrogens is 408 g/mol. The van der Waals surface area contributed by atoms with E-state index in [1.807, 2.05) is 4.72 Å². The van der Waals surface area contributed by atoms with Gasteiger partial charge in [-0.25, -0.2) is 26.2 Å². The maximum absolute atomic E-state index is 14.4. The van der Waals surface area contributed by atoms with Gasteiger partial charge in [0.05, 0.1) is 10.6 Å². The molecule has 1 heterocycles. The zero-order chi connectivity index (χ0) is 20.0. The van der Waals surface area contributed by atoms with Gasteiger partial charge in [0.25, 0.3) is 15.9 Å². The fraction of sp³-hybridized carbons (Fsp3) is 0.0714. The molecule has 1 fully saturated rings. The summed E-state index contributed by atoms with van der Waals surface area (Å²) in [6.07, 6.45) is 0. The number of amides is 1. The number of rotatable bonds is 4. The van der Waals surface area contributed by atoms with Crippen LogP contribution in [-0.4, -0.2) is 34.4 Å². The molecule has 0 radical (unpaired) electrons. The first-order valence-corrected chi connectivity index (χ1v) is 10.1. The number of aromatic hydroxyl groups is 1. The Balaban J connectivity index is 1.97. The van der Waals surface area contributed by atoms with Crippen molar-refractivity contribution < 1.29 is 35.5 Å². The third-order valence-corrected chi connectivity index (χ3v) is 6.23. The van der Waals surface area contributed by atoms with Crippen LogP contribution in [-0.2, 0) is 25.0 Å². The number of nitrogens with zero attached hydrogens (tertiary/aromatic N) is 1. The van der Waals surface area contributed by atoms with Crippen molar-refractivity contribution in [2.45, 2.75) is 4.90 Å². The molecule has 0 aliphatic carbocycles. The Bertz CT molecular complexity index is 1130. The molecule has 0 aromatic heterocycles. The summed E-state index contributed by atoms with van der Waals surface area (Å²) in [5.74, 6) is -3.96. The fourth-order valence-electron chi connectivity index (χ4n) is 2.38. The summed E-state index contributed by atoms with van der Waals surface area (Å²) in [5.41, 5.74) is -1.25. The van der Waals surface area contributed by atoms with Crippen molar-refractivity contribution in [3.05, 3.63) is 48.0 Å². The number of hydrogen-bond donors (Lipinski definition) is 3. The Hall–Kier alpha value is -2.93. The van der Waals surface area contributed by atoms with Crippen LogP contribution < -0.4 is 13.7 Å². The molecule has 9 nitrogen and oxygen atoms in total. The minimum absolute atomic E-state index is 0.310. The van der Waals surface area contributed by atoms with E-state index in [1.54, 1.807) is 4.72 Å². The molecule has 1 aliphatic heterocycles. The second-order valence-electron chi connectivity index (χ2n) is 5.43. The molecule has 2 aromatic rings. The molecule has 1 saturated heterocycles. The number of phenols is 1. The first-order chi connectivity index (χ1) is 12.5. The number of nitrogens with one attached hydrogen (secondary N) is 2. The molecular formula is C14H11F2N3O6S2. The lowest BCUT2D eigenvalue weighted by Crippen LogP contribution is -2.30. The van der Waals surface area contributed by atoms with Crippen LogP contribution in [0.5, 0.6) is 5.75 Å². The van der Waals surface area contributed by atoms with E-state index in [-0.39, 0.29) is 0 Å². The summed E-state index contributed by atoms with van der Waals surface area (Å²) < 4.78 is 79.4. The van der Waals surface area contributed by atoms with Gasteiger partial charge in [0.1, 0.15) is 23.8 Å². The van der Waals surface area contributed by atoms with Crippen molar-refractivity contribution in [1.29, 1.82) is 0 Å². The molecule has 0 unspecified atom stereocenters. The van der Waals surface area contributed by atoms with Crippen molar-refractivity contribution >= 4 is 37.5 Å². The topological polar surface area (TPSA) is 133 Å². The predicted octanol–water partition coefficient (Wildman–Crippen LogP) is 0.652. The van der Waals surface area contributed by atoms with Gasteiger partial charge in [0, 0.05) is 12.1 Å². The maximum Gasteiger partial charge on any atom is 0.326 e. The second-order valence-corrected chi connectivity index (χ2v) is 8.70. The lowest BCUT2D eigenvalue weighted by Gasteiger charge is -2.18. The van der Waals surface area contributed by atoms with E-state index < -0.39 is 66.3 Å². The highest BCUT2D eigenvalue weighted by Crippen LogP contribution is 2.36. The quantitative estimate of drug-likeness (QED) is 0.667. The number of carbonyl (C=O) groups excluding carboxylic acids is 1. The third-order valence-electron chi connectivity index (χ3n) is 3.47. The number of sulfonamides is 1. The molecule has 0 bridgehead atoms. The number of carbonyl (C=O) groups is 1. The van der Waals surface area contributed by atoms with E-state index in [1.165, 1.54) is 0 Å². The summed E-state index contributed by atoms with van der Waals surface area (Å²) in [4.78, 5) is 10.8. The van der Waals surface area contributed by atoms with E-state index in [4.69, 9.17) is 0 Å². The van der Waals surface area contributed by atoms with Crippen LogP contribution in [0.15, 0.2) is 41.3 Å². The number of anilines is 2. The zero-order valence-corrected chi connectivity index (χ0v) is 14.8. The Kier molecular flexibility index (Phi) is 4.43. The van der Waals surface area contributed by atoms with Crippen molar-refractivity contribution in [2.24, 2.45) is 0 Å². The van der Waals surface area contributed by atoms with E-state index in [0.717, 1.165) is 30.3 Å². The lowest BCUT2D eigenvalue weighted by molar-refractivity contribution is -0.117. The molecule has 0 saturated carbocycles. The molecule has 1 amide bonds. The van der Waals surface area contributed by atoms with Gasteiger partial charge >= 0.3 is 10.2 Å². The number of benzene rings is 2. The molecule has 3 N–H and O–H groups in total. The van der Waals surface area contributed by atoms with E-state index in [2.05, 4.69) is 0 Å². The fourth-order valence-corrected chi connectivity index (χ4v) is 4.63. The number of hydrogen-bond acceptors (Lipinski definition) is 6. The smallest absolute Gasteiger partial charge is 0.326 e. The van der Waals surface area contributed by atoms with Crippen LogP contribution in [0.4, 0.5) is 20.2 Å². The molecule has 144 valence electrons. The van der Waals surface area contributed by atoms with Gasteiger partial charge in [0.2, 0.25) is 0 Å². The van der Waals surface area contributed by atoms with Crippen molar-refractivity contribution in [3.8, 4) is 5.75 Å². The zero-order valence-electron chi connectivity index (χ0n) is 13.2. The molecule has 3 rings (SSSR count). The SMILES string of the molecule is O=C1CN(c2c(O)cc(NS(=O)(=O)c3cccc(F)c3)cc2F)S(=O)(=O)N1. The van der Waals surface area contributed by atoms with Gasteiger partial charge in [-0.2, -0.15) is 8.42 Å². The van der Waals surface area contributed by atoms with Crippen molar-refractivity contribution in [1.82, 2.24) is 4.72 Å². The highest BCUT2D eigenvalue weighted by molar-refractivity contribution is 7.92. The van der Waals surface area contributed by atoms with Crippen LogP contribution in [0, 0.1) is 11.6 Å². The summed E-state index contributed by atoms with van der Waals surface area (Å²) in [6.45, 7) is -0.749. The molecule has 13 heteroatoms. The Morgan fingerprint density at radius 3 is 2.44 bits per heavy atom. The summed E-state index contributed by atoms with van der Waals surface area (Å²) in [6, 6.07) is 5.40. The highest BCUT2D eigenvalue weighted by atomic mass is 32.2. The number of phenolic OH excluding ortho intramolecular Hbond substituents is 1. The Morgan fingerprint density at radius 1 is 1.19 bits per heavy atom. The normalized spacial score (nSPS) is 16.2. The van der Waals surface area contributed by atoms with Crippen LogP contribution in [0.25, 0.3) is 0 Å². The minimum Gasteiger partial charge on any atom is -0.506 e. The van der Waals surface area contributed by atoms with Crippen LogP contribution >= 0.6 is 0 Å². The standard InChI is InChI=1S/C14H11F2N3O6S2/c15-8-2-1-3-10(4-8)26(22,23)17-9-5-11(16)14(12(20)6-9)19-7-13(21)18-27(19,24)25/h1-6,17,20H,7H2,(H,18,21). The van der Waals surface area contributed by atoms with Crippen molar-refractivity contribution in [3.63, 3.8) is 0 Å². The first kappa shape index (κ1) is 18.8. The van der Waals surface area contributed by atoms with Gasteiger partial charge in [-0.1, -0.05) is 6.07 Å². The van der Waals surface area contributed by atoms with Gasteiger partial charge in [0.15, 0.2) is 5.82 Å². The average molecular weight is 419 g/mol. The van der Waals surface area contributed by atoms with Crippen LogP contribution in [0.3, 0.4) is 0 Å². The first-order valence-electron chi connectivity index (χ1n) is 7.14. The average Bonchev–Trinajstić information content (AvgIpc) is 2.78. The Morgan fingerprint density at radius 2 is 1.89 bits per heavy atom. The van der Waals surface area contributed by atoms with Gasteiger partial charge < -0.3 is 5.11 Å². The highest BCUT2D eigenvalue weighted by Gasteiger charge is 2.37. The monoisotopic (exact) mass is 419 g/mol. The van der Waals surface area contributed by atoms with Crippen LogP contribution in [0.2, 0.25) is 0 Å². The molecule has 0 spiro atoms. The minimum atomic E-state index is -4.38. The summed E-state index contributed by atoms with van der Waals surface area (Å²) in [5, 5.41) is 9.98. The number of halogens is 2. The second kappa shape index (κ2) is 6.35. The summed E-state index contributed by atoms with van der Waals surface area (Å²) >= 11 is 0. The predicted molar refractivity (Wildman–Crippen MR) is 89.7 cm³/mol. The van der Waals surface area contributed by atoms with Crippen LogP contribution in [0.1, 0.15) is 0 Å². The van der Waals surface area contributed by atoms with E-state index in [9.17, 15) is 35.5 Å². The van der Waals surface area contributed by atoms with E-state index >= 15 is 0 Å². The molecule has 1 aliphatic rings. The molecule has 27 heavy (non-hydrogen) atoms. The molecule has 2 aromatic carbocycles. The van der Waals surface area contributed by atoms with Crippen molar-refractivity contribution in [2.75, 3.05) is 15.6 Å². The van der Waals surface area contributed by atoms with Gasteiger partial charge in [-0.05, 0) is 18.2 Å². The largest absolute Gasteiger partial charge is 0.506 e. The van der Waals surface area contributed by atoms with Gasteiger partial charge in [-0.15, -0.1) is 0 Å². The molecule has 0 atom stereocenters. The third kappa shape index (κ3) is 3.64. The Labute approximate surface area is 152 Å². The lowest BCUT2D eigenvalue weighted by atomic mass is 10.2. The summed E-state index contributed by atoms with van der Waals surface area (Å²) in [7, 11) is -8.68. The van der Waals surface area contributed by atoms with Gasteiger partial charge in [-0.3, -0.25) is 9.52 Å². The van der Waals surface area contributed by atoms with E-state index in [0.29, 0.717) is 10.4 Å². The maximum atomic E-state index is 14.4.